The number of allylic oxidation sites excluding steroid dienone is 2. The van der Waals surface area contributed by atoms with E-state index in [9.17, 15) is 10.0 Å². The van der Waals surface area contributed by atoms with E-state index in [2.05, 4.69) is 27.4 Å². The standard InChI is InChI=1S/C21H27NO4/c1-13-5-10-17-14(2)11-19(21(3,4)12-18(13)17)26-20(23)15-6-8-16(9-7-15)22(24)25/h6-9,17,19,22,24H,2,5,10-12H2,1,3-4H3/t17-,19+/m1/s1. The highest BCUT2D eigenvalue weighted by Crippen LogP contribution is 2.49. The highest BCUT2D eigenvalue weighted by molar-refractivity contribution is 5.89. The predicted molar refractivity (Wildman–Crippen MR) is 99.0 cm³/mol. The van der Waals surface area contributed by atoms with E-state index in [1.165, 1.54) is 35.4 Å². The molecule has 0 radical (unpaired) electrons. The Morgan fingerprint density at radius 3 is 2.62 bits per heavy atom. The number of rotatable bonds is 3. The summed E-state index contributed by atoms with van der Waals surface area (Å²) >= 11 is 0. The first kappa shape index (κ1) is 18.8. The Balaban J connectivity index is 1.79. The summed E-state index contributed by atoms with van der Waals surface area (Å²) in [7, 11) is 0. The van der Waals surface area contributed by atoms with Crippen molar-refractivity contribution >= 4 is 11.7 Å². The van der Waals surface area contributed by atoms with Crippen LogP contribution in [-0.4, -0.2) is 17.3 Å². The zero-order valence-electron chi connectivity index (χ0n) is 15.7. The lowest BCUT2D eigenvalue weighted by Crippen LogP contribution is -2.99. The van der Waals surface area contributed by atoms with Gasteiger partial charge in [-0.05, 0) is 38.3 Å². The molecule has 1 aromatic rings. The van der Waals surface area contributed by atoms with E-state index in [1.54, 1.807) is 0 Å². The van der Waals surface area contributed by atoms with Gasteiger partial charge in [0.15, 0.2) is 5.69 Å². The largest absolute Gasteiger partial charge is 0.595 e. The highest BCUT2D eigenvalue weighted by atomic mass is 16.8. The highest BCUT2D eigenvalue weighted by Gasteiger charge is 2.41. The maximum Gasteiger partial charge on any atom is 0.338 e. The van der Waals surface area contributed by atoms with Gasteiger partial charge in [-0.15, -0.1) is 0 Å². The molecule has 0 aliphatic heterocycles. The molecule has 2 aliphatic carbocycles. The SMILES string of the molecule is C=C1C[C@H](OC(=O)c2ccc([NH+]([O-])O)cc2)C(C)(C)CC2=C(C)CC[C@H]12. The van der Waals surface area contributed by atoms with Crippen molar-refractivity contribution in [1.29, 1.82) is 0 Å². The summed E-state index contributed by atoms with van der Waals surface area (Å²) in [5.74, 6) is 0.0124. The van der Waals surface area contributed by atoms with Crippen molar-refractivity contribution in [3.05, 3.63) is 58.3 Å². The van der Waals surface area contributed by atoms with Gasteiger partial charge in [-0.1, -0.05) is 37.1 Å². The van der Waals surface area contributed by atoms with E-state index < -0.39 is 11.2 Å². The second-order valence-electron chi connectivity index (χ2n) is 8.20. The lowest BCUT2D eigenvalue weighted by Gasteiger charge is -2.32. The lowest BCUT2D eigenvalue weighted by atomic mass is 9.80. The van der Waals surface area contributed by atoms with E-state index >= 15 is 0 Å². The van der Waals surface area contributed by atoms with Crippen LogP contribution in [0.2, 0.25) is 0 Å². The fourth-order valence-corrected chi connectivity index (χ4v) is 4.13. The summed E-state index contributed by atoms with van der Waals surface area (Å²) < 4.78 is 5.87. The normalized spacial score (nSPS) is 26.3. The van der Waals surface area contributed by atoms with Gasteiger partial charge in [0, 0.05) is 29.9 Å². The molecule has 1 fully saturated rings. The number of nitrogens with one attached hydrogen (secondary N) is 1. The minimum absolute atomic E-state index is 0.153. The summed E-state index contributed by atoms with van der Waals surface area (Å²) in [6, 6.07) is 5.86. The Hall–Kier alpha value is -1.95. The maximum atomic E-state index is 12.6. The van der Waals surface area contributed by atoms with Crippen LogP contribution in [0.1, 0.15) is 56.8 Å². The first-order valence-electron chi connectivity index (χ1n) is 9.09. The third-order valence-electron chi connectivity index (χ3n) is 5.85. The van der Waals surface area contributed by atoms with Gasteiger partial charge >= 0.3 is 5.97 Å². The molecule has 3 atom stereocenters. The molecule has 0 amide bonds. The number of benzene rings is 1. The minimum Gasteiger partial charge on any atom is -0.595 e. The predicted octanol–water partition coefficient (Wildman–Crippen LogP) is 3.72. The third-order valence-corrected chi connectivity index (χ3v) is 5.85. The maximum absolute atomic E-state index is 12.6. The third kappa shape index (κ3) is 3.61. The first-order valence-corrected chi connectivity index (χ1v) is 9.09. The van der Waals surface area contributed by atoms with Gasteiger partial charge in [0.1, 0.15) is 6.10 Å². The van der Waals surface area contributed by atoms with Crippen LogP contribution in [-0.2, 0) is 4.74 Å². The van der Waals surface area contributed by atoms with Gasteiger partial charge in [-0.25, -0.2) is 10.0 Å². The number of fused-ring (bicyclic) bond motifs is 1. The van der Waals surface area contributed by atoms with Crippen LogP contribution >= 0.6 is 0 Å². The quantitative estimate of drug-likeness (QED) is 0.491. The lowest BCUT2D eigenvalue weighted by molar-refractivity contribution is -0.991. The van der Waals surface area contributed by atoms with Gasteiger partial charge in [0.2, 0.25) is 0 Å². The molecular formula is C21H27NO4. The van der Waals surface area contributed by atoms with Crippen molar-refractivity contribution in [3.63, 3.8) is 0 Å². The fraction of sp³-hybridized carbons (Fsp3) is 0.476. The molecule has 1 unspecified atom stereocenters. The minimum atomic E-state index is -1.01. The van der Waals surface area contributed by atoms with E-state index in [1.807, 2.05) is 0 Å². The Labute approximate surface area is 154 Å². The molecule has 2 N–H and O–H groups in total. The van der Waals surface area contributed by atoms with E-state index in [-0.39, 0.29) is 17.2 Å². The molecule has 3 rings (SSSR count). The van der Waals surface area contributed by atoms with Crippen LogP contribution < -0.4 is 5.23 Å². The second kappa shape index (κ2) is 6.99. The van der Waals surface area contributed by atoms with Crippen molar-refractivity contribution < 1.29 is 20.0 Å². The van der Waals surface area contributed by atoms with Crippen molar-refractivity contribution in [2.75, 3.05) is 0 Å². The number of carbonyl (C=O) groups excluding carboxylic acids is 1. The molecule has 26 heavy (non-hydrogen) atoms. The summed E-state index contributed by atoms with van der Waals surface area (Å²) in [6.07, 6.45) is 3.60. The van der Waals surface area contributed by atoms with Crippen LogP contribution in [0.4, 0.5) is 5.69 Å². The van der Waals surface area contributed by atoms with Crippen molar-refractivity contribution in [3.8, 4) is 0 Å². The Kier molecular flexibility index (Phi) is 5.06. The molecule has 0 aromatic heterocycles. The van der Waals surface area contributed by atoms with Gasteiger partial charge in [-0.2, -0.15) is 5.23 Å². The zero-order chi connectivity index (χ0) is 19.1. The van der Waals surface area contributed by atoms with E-state index in [0.717, 1.165) is 24.8 Å². The smallest absolute Gasteiger partial charge is 0.338 e. The molecule has 5 nitrogen and oxygen atoms in total. The summed E-state index contributed by atoms with van der Waals surface area (Å²) in [4.78, 5) is 12.6. The molecule has 0 spiro atoms. The van der Waals surface area contributed by atoms with Crippen LogP contribution in [0.15, 0.2) is 47.6 Å². The van der Waals surface area contributed by atoms with Crippen molar-refractivity contribution in [1.82, 2.24) is 0 Å². The Morgan fingerprint density at radius 2 is 2.00 bits per heavy atom. The van der Waals surface area contributed by atoms with E-state index in [0.29, 0.717) is 17.9 Å². The summed E-state index contributed by atoms with van der Waals surface area (Å²) in [5.41, 5.74) is 4.44. The molecule has 0 saturated heterocycles. The van der Waals surface area contributed by atoms with Gasteiger partial charge in [-0.3, -0.25) is 0 Å². The Morgan fingerprint density at radius 1 is 1.35 bits per heavy atom. The topological polar surface area (TPSA) is 74.0 Å². The monoisotopic (exact) mass is 357 g/mol. The van der Waals surface area contributed by atoms with Gasteiger partial charge in [0.05, 0.1) is 5.56 Å². The molecule has 0 bridgehead atoms. The molecule has 5 heteroatoms. The molecule has 0 heterocycles. The summed E-state index contributed by atoms with van der Waals surface area (Å²) in [5, 5.41) is 18.9. The molecular weight excluding hydrogens is 330 g/mol. The van der Waals surface area contributed by atoms with Crippen LogP contribution in [0.5, 0.6) is 0 Å². The number of hydrogen-bond donors (Lipinski definition) is 2. The fourth-order valence-electron chi connectivity index (χ4n) is 4.13. The number of quaternary nitrogens is 1. The molecule has 2 aliphatic rings. The summed E-state index contributed by atoms with van der Waals surface area (Å²) in [6.45, 7) is 10.8. The number of esters is 1. The second-order valence-corrected chi connectivity index (χ2v) is 8.20. The van der Waals surface area contributed by atoms with E-state index in [4.69, 9.17) is 9.94 Å². The number of ether oxygens (including phenoxy) is 1. The molecule has 1 aromatic carbocycles. The van der Waals surface area contributed by atoms with Gasteiger partial charge < -0.3 is 9.94 Å². The number of hydrogen-bond acceptors (Lipinski definition) is 4. The van der Waals surface area contributed by atoms with Crippen LogP contribution in [0.3, 0.4) is 0 Å². The van der Waals surface area contributed by atoms with Crippen LogP contribution in [0, 0.1) is 16.5 Å². The zero-order valence-corrected chi connectivity index (χ0v) is 15.7. The average Bonchev–Trinajstić information content (AvgIpc) is 2.90. The average molecular weight is 357 g/mol. The molecule has 140 valence electrons. The first-order chi connectivity index (χ1) is 12.2. The molecule has 1 saturated carbocycles. The number of carbonyl (C=O) groups is 1. The van der Waals surface area contributed by atoms with Crippen LogP contribution in [0.25, 0.3) is 0 Å². The Bertz CT molecular complexity index is 746. The van der Waals surface area contributed by atoms with Crippen molar-refractivity contribution in [2.24, 2.45) is 11.3 Å². The van der Waals surface area contributed by atoms with Gasteiger partial charge in [0.25, 0.3) is 0 Å². The van der Waals surface area contributed by atoms with Crippen molar-refractivity contribution in [2.45, 2.75) is 52.6 Å².